The summed E-state index contributed by atoms with van der Waals surface area (Å²) in [6.45, 7) is 2.23. The first-order valence-electron chi connectivity index (χ1n) is 7.65. The molecule has 15 N–H and O–H groups in total. The topological polar surface area (TPSA) is 316 Å². The molecule has 0 bridgehead atoms. The third-order valence-corrected chi connectivity index (χ3v) is 5.17. The smallest absolute Gasteiger partial charge is 0.741 e. The summed E-state index contributed by atoms with van der Waals surface area (Å²) in [5.41, 5.74) is -11.1. The predicted octanol–water partition coefficient (Wildman–Crippen LogP) is 3.37. The van der Waals surface area contributed by atoms with Crippen molar-refractivity contribution < 1.29 is 81.6 Å². The number of fused-ring (bicyclic) bond motifs is 1. The average Bonchev–Trinajstić information content (AvgIpc) is 2.52. The zero-order valence-corrected chi connectivity index (χ0v) is 23.3. The molecule has 0 unspecified atom stereocenters. The van der Waals surface area contributed by atoms with Crippen molar-refractivity contribution in [2.75, 3.05) is 7.11 Å². The zero-order valence-electron chi connectivity index (χ0n) is 19.2. The SMILES string of the molecule is COC1=C[C@@H]2CC(=O)CC[C@]2(C)C=C1.N.N.N.N.N.O=S(=O)([O-])C(F)(F)F.O=S(=O)([O-])C(F)(F)F.[Os+2]. The number of allylic oxidation sites excluding steroid dienone is 3. The molecule has 0 saturated heterocycles. The van der Waals surface area contributed by atoms with Crippen molar-refractivity contribution in [1.29, 1.82) is 0 Å². The normalized spacial score (nSPS) is 20.3. The van der Waals surface area contributed by atoms with Gasteiger partial charge >= 0.3 is 30.8 Å². The molecule has 0 aromatic heterocycles. The molecular weight excluding hydrogens is 735 g/mol. The fourth-order valence-electron chi connectivity index (χ4n) is 2.29. The van der Waals surface area contributed by atoms with Crippen LogP contribution in [0.3, 0.4) is 0 Å². The van der Waals surface area contributed by atoms with Crippen LogP contribution >= 0.6 is 0 Å². The van der Waals surface area contributed by atoms with Crippen LogP contribution in [-0.2, 0) is 49.6 Å². The van der Waals surface area contributed by atoms with Crippen LogP contribution in [0, 0.1) is 11.3 Å². The number of hydrogen-bond donors (Lipinski definition) is 5. The Kier molecular flexibility index (Phi) is 25.9. The Balaban J connectivity index is -0.0000000685. The maximum Gasteiger partial charge on any atom is 2.00 e. The molecule has 0 aromatic carbocycles. The van der Waals surface area contributed by atoms with Gasteiger partial charge in [-0.25, -0.2) is 16.8 Å². The molecule has 0 aliphatic heterocycles. The van der Waals surface area contributed by atoms with E-state index in [2.05, 4.69) is 19.1 Å². The summed E-state index contributed by atoms with van der Waals surface area (Å²) in [5.74, 6) is 1.61. The molecule has 0 spiro atoms. The van der Waals surface area contributed by atoms with Crippen LogP contribution in [0.15, 0.2) is 24.0 Å². The van der Waals surface area contributed by atoms with Gasteiger partial charge in [-0.15, -0.1) is 0 Å². The summed E-state index contributed by atoms with van der Waals surface area (Å²) in [5, 5.41) is 0. The molecule has 1 saturated carbocycles. The third-order valence-electron chi connectivity index (χ3n) is 4.03. The Morgan fingerprint density at radius 2 is 1.25 bits per heavy atom. The average molecular weight is 766 g/mol. The van der Waals surface area contributed by atoms with Crippen LogP contribution in [0.2, 0.25) is 0 Å². The van der Waals surface area contributed by atoms with Crippen molar-refractivity contribution in [2.45, 2.75) is 37.2 Å². The quantitative estimate of drug-likeness (QED) is 0.145. The second-order valence-corrected chi connectivity index (χ2v) is 9.00. The van der Waals surface area contributed by atoms with Crippen LogP contribution < -0.4 is 30.8 Å². The van der Waals surface area contributed by atoms with Crippen molar-refractivity contribution in [2.24, 2.45) is 11.3 Å². The minimum atomic E-state index is -6.09. The second-order valence-electron chi connectivity index (χ2n) is 6.26. The van der Waals surface area contributed by atoms with Crippen molar-refractivity contribution >= 4 is 26.0 Å². The maximum atomic E-state index is 11.4. The standard InChI is InChI=1S/C12H16O2.2CHF3O3S.5H3N.Os/c1-12-5-3-10(13)7-9(12)8-11(14-2)4-6-12;2*2-1(3,4)8(5,6)7;;;;;;/h4,6,8-9H,3,5,7H2,1-2H3;2*(H,5,6,7);5*1H3;/q;;;;;;;;+2/p-2/t9-,12+;;;;;;;;/m0......../s1. The van der Waals surface area contributed by atoms with E-state index in [4.69, 9.17) is 30.7 Å². The van der Waals surface area contributed by atoms with Crippen molar-refractivity contribution in [3.8, 4) is 0 Å². The number of Topliss-reactive ketones (excluding diaryl/α,β-unsaturated/α-hetero) is 1. The molecule has 2 atom stereocenters. The third kappa shape index (κ3) is 16.5. The first-order chi connectivity index (χ1) is 13.1. The molecule has 0 amide bonds. The maximum absolute atomic E-state index is 11.4. The van der Waals surface area contributed by atoms with Crippen molar-refractivity contribution in [3.05, 3.63) is 24.0 Å². The summed E-state index contributed by atoms with van der Waals surface area (Å²) >= 11 is 0. The Bertz CT molecular complexity index is 872. The predicted molar refractivity (Wildman–Crippen MR) is 111 cm³/mol. The van der Waals surface area contributed by atoms with Gasteiger partial charge in [0, 0.05) is 12.8 Å². The van der Waals surface area contributed by atoms with E-state index < -0.39 is 31.3 Å². The van der Waals surface area contributed by atoms with Gasteiger partial charge in [0.1, 0.15) is 11.5 Å². The fraction of sp³-hybridized carbons (Fsp3) is 0.643. The van der Waals surface area contributed by atoms with E-state index in [9.17, 15) is 31.1 Å². The minimum Gasteiger partial charge on any atom is -0.741 e. The minimum absolute atomic E-state index is 0. The fourth-order valence-corrected chi connectivity index (χ4v) is 2.29. The number of ketones is 1. The van der Waals surface area contributed by atoms with E-state index in [-0.39, 0.29) is 56.0 Å². The van der Waals surface area contributed by atoms with E-state index in [0.29, 0.717) is 18.1 Å². The van der Waals surface area contributed by atoms with Gasteiger partial charge < -0.3 is 44.6 Å². The van der Waals surface area contributed by atoms with E-state index in [1.165, 1.54) is 0 Å². The summed E-state index contributed by atoms with van der Waals surface area (Å²) in [6.07, 6.45) is 8.69. The first kappa shape index (κ1) is 51.4. The number of rotatable bonds is 1. The first-order valence-corrected chi connectivity index (χ1v) is 10.5. The summed E-state index contributed by atoms with van der Waals surface area (Å²) < 4.78 is 123. The monoisotopic (exact) mass is 767 g/mol. The van der Waals surface area contributed by atoms with Crippen LogP contribution in [0.5, 0.6) is 0 Å². The molecule has 0 radical (unpaired) electrons. The second kappa shape index (κ2) is 18.1. The largest absolute Gasteiger partial charge is 2.00 e. The van der Waals surface area contributed by atoms with E-state index in [1.54, 1.807) is 7.11 Å². The van der Waals surface area contributed by atoms with Crippen LogP contribution in [0.4, 0.5) is 26.3 Å². The van der Waals surface area contributed by atoms with Gasteiger partial charge in [-0.2, -0.15) is 26.3 Å². The number of carbonyl (C=O) groups is 1. The van der Waals surface area contributed by atoms with Crippen LogP contribution in [0.1, 0.15) is 26.2 Å². The molecule has 2 aliphatic carbocycles. The van der Waals surface area contributed by atoms with Gasteiger partial charge in [-0.05, 0) is 29.9 Å². The Hall–Kier alpha value is -1.21. The number of halogens is 6. The molecular formula is C14H31F6N5O8OsS2. The molecule has 2 rings (SSSR count). The molecule has 36 heavy (non-hydrogen) atoms. The van der Waals surface area contributed by atoms with Crippen LogP contribution in [-0.4, -0.2) is 49.9 Å². The van der Waals surface area contributed by atoms with Crippen molar-refractivity contribution in [1.82, 2.24) is 30.8 Å². The Morgan fingerprint density at radius 3 is 1.53 bits per heavy atom. The summed E-state index contributed by atoms with van der Waals surface area (Å²) in [7, 11) is -10.5. The molecule has 0 aromatic rings. The number of alkyl halides is 6. The van der Waals surface area contributed by atoms with Gasteiger partial charge in [0.15, 0.2) is 20.2 Å². The van der Waals surface area contributed by atoms with Crippen molar-refractivity contribution in [3.63, 3.8) is 0 Å². The molecule has 0 heterocycles. The molecule has 2 aliphatic rings. The van der Waals surface area contributed by atoms with E-state index in [1.807, 2.05) is 6.08 Å². The number of carbonyl (C=O) groups excluding carboxylic acids is 1. The number of methoxy groups -OCH3 is 1. The van der Waals surface area contributed by atoms with Gasteiger partial charge in [-0.1, -0.05) is 13.0 Å². The molecule has 22 heteroatoms. The van der Waals surface area contributed by atoms with Gasteiger partial charge in [-0.3, -0.25) is 4.79 Å². The Morgan fingerprint density at radius 1 is 0.917 bits per heavy atom. The molecule has 13 nitrogen and oxygen atoms in total. The van der Waals surface area contributed by atoms with Crippen LogP contribution in [0.25, 0.3) is 0 Å². The van der Waals surface area contributed by atoms with Gasteiger partial charge in [0.2, 0.25) is 0 Å². The molecule has 1 fully saturated rings. The summed E-state index contributed by atoms with van der Waals surface area (Å²) in [4.78, 5) is 11.4. The van der Waals surface area contributed by atoms with Gasteiger partial charge in [0.25, 0.3) is 0 Å². The zero-order chi connectivity index (χ0) is 24.2. The van der Waals surface area contributed by atoms with Gasteiger partial charge in [0.05, 0.1) is 7.11 Å². The molecule has 222 valence electrons. The van der Waals surface area contributed by atoms with E-state index in [0.717, 1.165) is 18.6 Å². The number of ether oxygens (including phenoxy) is 1. The number of hydrogen-bond acceptors (Lipinski definition) is 13. The Labute approximate surface area is 217 Å². The van der Waals surface area contributed by atoms with E-state index >= 15 is 0 Å². The summed E-state index contributed by atoms with van der Waals surface area (Å²) in [6, 6.07) is 0.